The van der Waals surface area contributed by atoms with Crippen LogP contribution < -0.4 is 14.4 Å². The molecule has 12 heteroatoms. The van der Waals surface area contributed by atoms with Crippen molar-refractivity contribution in [2.24, 2.45) is 0 Å². The molecule has 224 valence electrons. The van der Waals surface area contributed by atoms with Crippen molar-refractivity contribution in [2.75, 3.05) is 18.1 Å². The second kappa shape index (κ2) is 14.4. The molecule has 1 amide bonds. The zero-order chi connectivity index (χ0) is 30.3. The van der Waals surface area contributed by atoms with Crippen LogP contribution in [0.15, 0.2) is 75.6 Å². The number of anilines is 1. The number of ketones is 1. The van der Waals surface area contributed by atoms with Crippen LogP contribution in [-0.4, -0.2) is 40.2 Å². The summed E-state index contributed by atoms with van der Waals surface area (Å²) in [6.07, 6.45) is 3.05. The number of ether oxygens (including phenoxy) is 2. The molecule has 3 heterocycles. The van der Waals surface area contributed by atoms with E-state index in [-0.39, 0.29) is 10.7 Å². The molecule has 1 aliphatic heterocycles. The molecule has 4 aromatic rings. The van der Waals surface area contributed by atoms with E-state index in [0.29, 0.717) is 50.3 Å². The number of amides is 1. The van der Waals surface area contributed by atoms with Gasteiger partial charge in [0.05, 0.1) is 29.7 Å². The molecule has 1 N–H and O–H groups in total. The molecule has 0 saturated carbocycles. The van der Waals surface area contributed by atoms with Gasteiger partial charge in [-0.3, -0.25) is 14.5 Å². The molecule has 0 spiro atoms. The van der Waals surface area contributed by atoms with Crippen LogP contribution in [0.3, 0.4) is 0 Å². The Morgan fingerprint density at radius 3 is 2.65 bits per heavy atom. The van der Waals surface area contributed by atoms with Gasteiger partial charge in [0.1, 0.15) is 0 Å². The Kier molecular flexibility index (Phi) is 10.4. The van der Waals surface area contributed by atoms with E-state index < -0.39 is 23.5 Å². The lowest BCUT2D eigenvalue weighted by molar-refractivity contribution is -0.117. The molecule has 1 unspecified atom stereocenters. The minimum Gasteiger partial charge on any atom is -0.503 e. The summed E-state index contributed by atoms with van der Waals surface area (Å²) >= 11 is 10.2. The van der Waals surface area contributed by atoms with E-state index in [2.05, 4.69) is 17.1 Å². The first-order chi connectivity index (χ1) is 20.9. The van der Waals surface area contributed by atoms with E-state index in [9.17, 15) is 14.7 Å². The first-order valence-corrected chi connectivity index (χ1v) is 16.9. The number of aromatic nitrogens is 2. The van der Waals surface area contributed by atoms with Gasteiger partial charge in [-0.1, -0.05) is 84.8 Å². The number of halogens is 1. The number of nitrogens with zero attached hydrogens (tertiary/aromatic N) is 3. The monoisotopic (exact) mass is 655 g/mol. The molecule has 43 heavy (non-hydrogen) atoms. The average Bonchev–Trinajstić information content (AvgIpc) is 3.76. The summed E-state index contributed by atoms with van der Waals surface area (Å²) in [6, 6.07) is 15.4. The predicted molar refractivity (Wildman–Crippen MR) is 172 cm³/mol. The Bertz CT molecular complexity index is 1620. The van der Waals surface area contributed by atoms with Crippen LogP contribution in [-0.2, 0) is 10.5 Å². The SMILES string of the molecule is CCCCCOc1ccc(C2C(C(=O)c3cccs3)=C(O)C(=O)N2c2nnc(SCc3ccccc3Cl)s2)cc1OCC. The van der Waals surface area contributed by atoms with Crippen LogP contribution in [0, 0.1) is 0 Å². The average molecular weight is 656 g/mol. The number of aliphatic hydroxyl groups is 1. The molecule has 1 aliphatic rings. The van der Waals surface area contributed by atoms with Crippen LogP contribution in [0.2, 0.25) is 5.02 Å². The molecule has 0 bridgehead atoms. The maximum Gasteiger partial charge on any atom is 0.296 e. The topological polar surface area (TPSA) is 102 Å². The molecule has 0 radical (unpaired) electrons. The van der Waals surface area contributed by atoms with E-state index in [4.69, 9.17) is 21.1 Å². The molecule has 2 aromatic carbocycles. The minimum absolute atomic E-state index is 0.0213. The summed E-state index contributed by atoms with van der Waals surface area (Å²) in [4.78, 5) is 29.1. The highest BCUT2D eigenvalue weighted by Crippen LogP contribution is 2.46. The minimum atomic E-state index is -0.954. The number of Topliss-reactive ketones (excluding diaryl/α,β-unsaturated/α-hetero) is 1. The summed E-state index contributed by atoms with van der Waals surface area (Å²) in [6.45, 7) is 4.95. The molecular formula is C31H30ClN3O5S3. The number of thioether (sulfide) groups is 1. The van der Waals surface area contributed by atoms with Crippen LogP contribution in [0.5, 0.6) is 11.5 Å². The van der Waals surface area contributed by atoms with Crippen molar-refractivity contribution in [1.82, 2.24) is 10.2 Å². The third-order valence-corrected chi connectivity index (χ3v) is 10.0. The summed E-state index contributed by atoms with van der Waals surface area (Å²) in [7, 11) is 0. The number of unbranched alkanes of at least 4 members (excludes halogenated alkanes) is 2. The van der Waals surface area contributed by atoms with Crippen LogP contribution in [0.4, 0.5) is 5.13 Å². The van der Waals surface area contributed by atoms with E-state index in [0.717, 1.165) is 24.8 Å². The molecule has 1 atom stereocenters. The highest BCUT2D eigenvalue weighted by Gasteiger charge is 2.46. The van der Waals surface area contributed by atoms with Gasteiger partial charge in [0.25, 0.3) is 5.91 Å². The van der Waals surface area contributed by atoms with Gasteiger partial charge in [0.15, 0.2) is 21.6 Å². The van der Waals surface area contributed by atoms with Gasteiger partial charge in [-0.2, -0.15) is 0 Å². The van der Waals surface area contributed by atoms with E-state index in [1.807, 2.05) is 31.2 Å². The van der Waals surface area contributed by atoms with Gasteiger partial charge in [-0.15, -0.1) is 21.5 Å². The summed E-state index contributed by atoms with van der Waals surface area (Å²) in [5, 5.41) is 22.4. The fraction of sp³-hybridized carbons (Fsp3) is 0.290. The normalized spacial score (nSPS) is 14.9. The largest absolute Gasteiger partial charge is 0.503 e. The Morgan fingerprint density at radius 2 is 1.91 bits per heavy atom. The number of hydrogen-bond donors (Lipinski definition) is 1. The summed E-state index contributed by atoms with van der Waals surface area (Å²) in [5.74, 6) is -0.126. The highest BCUT2D eigenvalue weighted by atomic mass is 35.5. The maximum absolute atomic E-state index is 13.7. The van der Waals surface area contributed by atoms with Gasteiger partial charge >= 0.3 is 0 Å². The van der Waals surface area contributed by atoms with E-state index in [1.54, 1.807) is 35.7 Å². The number of hydrogen-bond acceptors (Lipinski definition) is 10. The van der Waals surface area contributed by atoms with Gasteiger partial charge < -0.3 is 14.6 Å². The lowest BCUT2D eigenvalue weighted by Gasteiger charge is -2.25. The van der Waals surface area contributed by atoms with Crippen LogP contribution >= 0.6 is 46.0 Å². The Labute approximate surface area is 267 Å². The highest BCUT2D eigenvalue weighted by molar-refractivity contribution is 8.00. The Balaban J connectivity index is 1.50. The third kappa shape index (κ3) is 6.90. The van der Waals surface area contributed by atoms with Crippen molar-refractivity contribution in [3.05, 3.63) is 92.3 Å². The van der Waals surface area contributed by atoms with Crippen molar-refractivity contribution in [2.45, 2.75) is 49.2 Å². The fourth-order valence-electron chi connectivity index (χ4n) is 4.62. The Hall–Kier alpha value is -3.38. The summed E-state index contributed by atoms with van der Waals surface area (Å²) < 4.78 is 12.5. The van der Waals surface area contributed by atoms with Crippen molar-refractivity contribution in [1.29, 1.82) is 0 Å². The fourth-order valence-corrected chi connectivity index (χ4v) is 7.45. The number of aliphatic hydroxyl groups excluding tert-OH is 1. The van der Waals surface area contributed by atoms with E-state index in [1.165, 1.54) is 39.3 Å². The van der Waals surface area contributed by atoms with E-state index >= 15 is 0 Å². The van der Waals surface area contributed by atoms with Gasteiger partial charge in [0, 0.05) is 10.8 Å². The molecule has 0 aliphatic carbocycles. The smallest absolute Gasteiger partial charge is 0.296 e. The number of rotatable bonds is 14. The van der Waals surface area contributed by atoms with Crippen molar-refractivity contribution in [3.63, 3.8) is 0 Å². The second-order valence-electron chi connectivity index (χ2n) is 9.57. The maximum atomic E-state index is 13.7. The standard InChI is InChI=1S/C31H30ClN3O5S3/c1-3-5-8-15-40-22-14-13-19(17-23(22)39-4-2)26-25(27(36)24-12-9-16-41-24)28(37)29(38)35(26)30-33-34-31(43-30)42-18-20-10-6-7-11-21(20)32/h6-7,9-14,16-17,26,37H,3-5,8,15,18H2,1-2H3. The van der Waals surface area contributed by atoms with Gasteiger partial charge in [0.2, 0.25) is 10.9 Å². The first kappa shape index (κ1) is 31.1. The quantitative estimate of drug-likeness (QED) is 0.0627. The third-order valence-electron chi connectivity index (χ3n) is 6.70. The number of benzene rings is 2. The second-order valence-corrected chi connectivity index (χ2v) is 13.1. The Morgan fingerprint density at radius 1 is 1.07 bits per heavy atom. The zero-order valence-corrected chi connectivity index (χ0v) is 26.8. The first-order valence-electron chi connectivity index (χ1n) is 13.9. The molecule has 0 fully saturated rings. The zero-order valence-electron chi connectivity index (χ0n) is 23.6. The number of carbonyl (C=O) groups excluding carboxylic acids is 2. The van der Waals surface area contributed by atoms with Crippen LogP contribution in [0.25, 0.3) is 0 Å². The van der Waals surface area contributed by atoms with Gasteiger partial charge in [-0.05, 0) is 54.1 Å². The molecule has 0 saturated heterocycles. The van der Waals surface area contributed by atoms with Crippen molar-refractivity contribution >= 4 is 62.9 Å². The lowest BCUT2D eigenvalue weighted by Crippen LogP contribution is -2.31. The molecule has 5 rings (SSSR count). The van der Waals surface area contributed by atoms with Crippen molar-refractivity contribution in [3.8, 4) is 11.5 Å². The number of carbonyl (C=O) groups is 2. The van der Waals surface area contributed by atoms with Crippen LogP contribution in [0.1, 0.15) is 60.0 Å². The van der Waals surface area contributed by atoms with Crippen molar-refractivity contribution < 1.29 is 24.2 Å². The molecule has 2 aromatic heterocycles. The number of thiophene rings is 1. The molecule has 8 nitrogen and oxygen atoms in total. The molecular weight excluding hydrogens is 626 g/mol. The lowest BCUT2D eigenvalue weighted by atomic mass is 9.95. The summed E-state index contributed by atoms with van der Waals surface area (Å²) in [5.41, 5.74) is 1.50. The van der Waals surface area contributed by atoms with Gasteiger partial charge in [-0.25, -0.2) is 0 Å². The predicted octanol–water partition coefficient (Wildman–Crippen LogP) is 8.30.